The summed E-state index contributed by atoms with van der Waals surface area (Å²) < 4.78 is 0. The van der Waals surface area contributed by atoms with Crippen LogP contribution in [0.25, 0.3) is 0 Å². The third-order valence-electron chi connectivity index (χ3n) is 4.65. The van der Waals surface area contributed by atoms with Crippen molar-refractivity contribution in [3.63, 3.8) is 0 Å². The Kier molecular flexibility index (Phi) is 4.34. The largest absolute Gasteiger partial charge is 0.313 e. The molecule has 3 aliphatic carbocycles. The lowest BCUT2D eigenvalue weighted by Crippen LogP contribution is -2.35. The second-order valence-corrected chi connectivity index (χ2v) is 7.69. The summed E-state index contributed by atoms with van der Waals surface area (Å²) in [5, 5.41) is 4.85. The van der Waals surface area contributed by atoms with E-state index >= 15 is 0 Å². The van der Waals surface area contributed by atoms with Crippen molar-refractivity contribution in [2.75, 3.05) is 12.3 Å². The van der Waals surface area contributed by atoms with Gasteiger partial charge >= 0.3 is 0 Å². The zero-order valence-electron chi connectivity index (χ0n) is 11.0. The van der Waals surface area contributed by atoms with Gasteiger partial charge in [0.25, 0.3) is 0 Å². The lowest BCUT2D eigenvalue weighted by atomic mass is 10.0. The number of thioether (sulfide) groups is 1. The second kappa shape index (κ2) is 5.97. The molecule has 1 nitrogen and oxygen atoms in total. The molecule has 0 aliphatic heterocycles. The van der Waals surface area contributed by atoms with Crippen molar-refractivity contribution in [1.29, 1.82) is 0 Å². The Morgan fingerprint density at radius 2 is 1.53 bits per heavy atom. The van der Waals surface area contributed by atoms with Crippen LogP contribution < -0.4 is 5.32 Å². The van der Waals surface area contributed by atoms with Crippen molar-refractivity contribution >= 4 is 11.8 Å². The van der Waals surface area contributed by atoms with E-state index in [2.05, 4.69) is 17.1 Å². The minimum absolute atomic E-state index is 0.905. The lowest BCUT2D eigenvalue weighted by Gasteiger charge is -2.22. The first-order valence-electron chi connectivity index (χ1n) is 7.78. The molecule has 0 bridgehead atoms. The highest BCUT2D eigenvalue weighted by atomic mass is 32.2. The molecule has 3 aliphatic rings. The van der Waals surface area contributed by atoms with E-state index in [1.165, 1.54) is 70.1 Å². The van der Waals surface area contributed by atoms with Crippen molar-refractivity contribution in [2.45, 2.75) is 69.1 Å². The van der Waals surface area contributed by atoms with Gasteiger partial charge in [-0.15, -0.1) is 0 Å². The molecule has 0 radical (unpaired) electrons. The molecule has 3 rings (SSSR count). The van der Waals surface area contributed by atoms with Crippen molar-refractivity contribution < 1.29 is 0 Å². The minimum atomic E-state index is 0.905. The molecule has 0 atom stereocenters. The molecule has 1 N–H and O–H groups in total. The van der Waals surface area contributed by atoms with E-state index in [0.29, 0.717) is 0 Å². The molecular weight excluding hydrogens is 226 g/mol. The number of hydrogen-bond donors (Lipinski definition) is 1. The van der Waals surface area contributed by atoms with Gasteiger partial charge < -0.3 is 5.32 Å². The van der Waals surface area contributed by atoms with Crippen molar-refractivity contribution in [3.8, 4) is 0 Å². The van der Waals surface area contributed by atoms with Crippen molar-refractivity contribution in [3.05, 3.63) is 0 Å². The SMILES string of the molecule is C1CCC(SCCNC(C2CC2)C2CC2)CC1. The predicted molar refractivity (Wildman–Crippen MR) is 76.6 cm³/mol. The summed E-state index contributed by atoms with van der Waals surface area (Å²) in [7, 11) is 0. The normalized spacial score (nSPS) is 26.6. The smallest absolute Gasteiger partial charge is 0.0124 e. The van der Waals surface area contributed by atoms with Gasteiger partial charge in [0, 0.05) is 23.6 Å². The quantitative estimate of drug-likeness (QED) is 0.692. The van der Waals surface area contributed by atoms with Gasteiger partial charge in [0.05, 0.1) is 0 Å². The maximum Gasteiger partial charge on any atom is 0.0124 e. The van der Waals surface area contributed by atoms with Gasteiger partial charge in [-0.3, -0.25) is 0 Å². The monoisotopic (exact) mass is 253 g/mol. The molecule has 0 unspecified atom stereocenters. The molecule has 0 amide bonds. The second-order valence-electron chi connectivity index (χ2n) is 6.29. The van der Waals surface area contributed by atoms with Gasteiger partial charge in [0.1, 0.15) is 0 Å². The Morgan fingerprint density at radius 1 is 0.882 bits per heavy atom. The third kappa shape index (κ3) is 3.89. The van der Waals surface area contributed by atoms with E-state index in [1.54, 1.807) is 0 Å². The zero-order chi connectivity index (χ0) is 11.5. The zero-order valence-corrected chi connectivity index (χ0v) is 11.8. The Balaban J connectivity index is 1.28. The van der Waals surface area contributed by atoms with E-state index < -0.39 is 0 Å². The maximum atomic E-state index is 3.86. The lowest BCUT2D eigenvalue weighted by molar-refractivity contribution is 0.428. The summed E-state index contributed by atoms with van der Waals surface area (Å²) in [4.78, 5) is 0. The molecule has 17 heavy (non-hydrogen) atoms. The average molecular weight is 253 g/mol. The highest BCUT2D eigenvalue weighted by Gasteiger charge is 2.40. The Hall–Kier alpha value is 0.310. The van der Waals surface area contributed by atoms with Crippen LogP contribution in [0.5, 0.6) is 0 Å². The molecule has 0 aromatic carbocycles. The number of rotatable bonds is 7. The summed E-state index contributed by atoms with van der Waals surface area (Å²) >= 11 is 2.24. The van der Waals surface area contributed by atoms with Gasteiger partial charge in [-0.1, -0.05) is 19.3 Å². The van der Waals surface area contributed by atoms with Crippen molar-refractivity contribution in [1.82, 2.24) is 5.32 Å². The van der Waals surface area contributed by atoms with Crippen LogP contribution in [0.3, 0.4) is 0 Å². The molecule has 0 spiro atoms. The fraction of sp³-hybridized carbons (Fsp3) is 1.00. The van der Waals surface area contributed by atoms with Crippen LogP contribution in [0.1, 0.15) is 57.8 Å². The maximum absolute atomic E-state index is 3.86. The fourth-order valence-corrected chi connectivity index (χ4v) is 4.55. The summed E-state index contributed by atoms with van der Waals surface area (Å²) in [6, 6.07) is 0.905. The van der Waals surface area contributed by atoms with Gasteiger partial charge in [-0.25, -0.2) is 0 Å². The average Bonchev–Trinajstić information content (AvgIpc) is 3.24. The van der Waals surface area contributed by atoms with Gasteiger partial charge in [0.2, 0.25) is 0 Å². The van der Waals surface area contributed by atoms with Crippen molar-refractivity contribution in [2.24, 2.45) is 11.8 Å². The van der Waals surface area contributed by atoms with Gasteiger partial charge in [0.15, 0.2) is 0 Å². The molecule has 0 heterocycles. The molecule has 0 saturated heterocycles. The standard InChI is InChI=1S/C15H27NS/c1-2-4-14(5-3-1)17-11-10-16-15(12-6-7-12)13-8-9-13/h12-16H,1-11H2. The van der Waals surface area contributed by atoms with Crippen LogP contribution in [0.2, 0.25) is 0 Å². The van der Waals surface area contributed by atoms with Gasteiger partial charge in [-0.2, -0.15) is 11.8 Å². The fourth-order valence-electron chi connectivity index (χ4n) is 3.31. The Labute approximate surface area is 111 Å². The Bertz CT molecular complexity index is 217. The van der Waals surface area contributed by atoms with Crippen LogP contribution in [-0.2, 0) is 0 Å². The minimum Gasteiger partial charge on any atom is -0.313 e. The predicted octanol–water partition coefficient (Wildman–Crippen LogP) is 3.83. The van der Waals surface area contributed by atoms with Crippen LogP contribution in [0.4, 0.5) is 0 Å². The first-order chi connectivity index (χ1) is 8.43. The molecular formula is C15H27NS. The number of nitrogens with one attached hydrogen (secondary N) is 1. The van der Waals surface area contributed by atoms with E-state index in [1.807, 2.05) is 0 Å². The van der Waals surface area contributed by atoms with Crippen LogP contribution in [0.15, 0.2) is 0 Å². The van der Waals surface area contributed by atoms with Crippen LogP contribution in [-0.4, -0.2) is 23.6 Å². The molecule has 3 saturated carbocycles. The van der Waals surface area contributed by atoms with E-state index in [0.717, 1.165) is 23.1 Å². The summed E-state index contributed by atoms with van der Waals surface area (Å²) in [6.45, 7) is 1.26. The number of hydrogen-bond acceptors (Lipinski definition) is 2. The highest BCUT2D eigenvalue weighted by molar-refractivity contribution is 7.99. The summed E-state index contributed by atoms with van der Waals surface area (Å²) in [5.41, 5.74) is 0. The van der Waals surface area contributed by atoms with E-state index in [4.69, 9.17) is 0 Å². The topological polar surface area (TPSA) is 12.0 Å². The molecule has 0 aromatic rings. The highest BCUT2D eigenvalue weighted by Crippen LogP contribution is 2.44. The first-order valence-corrected chi connectivity index (χ1v) is 8.83. The van der Waals surface area contributed by atoms with Crippen LogP contribution in [0, 0.1) is 11.8 Å². The van der Waals surface area contributed by atoms with E-state index in [-0.39, 0.29) is 0 Å². The van der Waals surface area contributed by atoms with E-state index in [9.17, 15) is 0 Å². The molecule has 0 aromatic heterocycles. The summed E-state index contributed by atoms with van der Waals surface area (Å²) in [6.07, 6.45) is 13.4. The summed E-state index contributed by atoms with van der Waals surface area (Å²) in [5.74, 6) is 3.46. The molecule has 3 fully saturated rings. The Morgan fingerprint density at radius 3 is 2.12 bits per heavy atom. The van der Waals surface area contributed by atoms with Gasteiger partial charge in [-0.05, 0) is 50.4 Å². The molecule has 98 valence electrons. The van der Waals surface area contributed by atoms with Crippen LogP contribution >= 0.6 is 11.8 Å². The molecule has 2 heteroatoms. The first kappa shape index (κ1) is 12.3. The third-order valence-corrected chi connectivity index (χ3v) is 6.03.